The van der Waals surface area contributed by atoms with Crippen LogP contribution in [0.25, 0.3) is 0 Å². The molecule has 6 heteroatoms. The highest BCUT2D eigenvalue weighted by molar-refractivity contribution is 5.72. The van der Waals surface area contributed by atoms with E-state index in [-0.39, 0.29) is 12.5 Å². The van der Waals surface area contributed by atoms with E-state index < -0.39 is 12.2 Å². The highest BCUT2D eigenvalue weighted by atomic mass is 16.6. The predicted molar refractivity (Wildman–Crippen MR) is 43.4 cm³/mol. The van der Waals surface area contributed by atoms with Gasteiger partial charge in [0.05, 0.1) is 13.7 Å². The van der Waals surface area contributed by atoms with Crippen LogP contribution in [0.5, 0.6) is 0 Å². The Bertz CT molecular complexity index is 213. The average Bonchev–Trinajstić information content (AvgIpc) is 2.10. The molecule has 2 amide bonds. The first-order valence-electron chi connectivity index (χ1n) is 3.72. The van der Waals surface area contributed by atoms with Gasteiger partial charge in [-0.2, -0.15) is 0 Å². The number of carbonyl (C=O) groups is 2. The van der Waals surface area contributed by atoms with E-state index in [1.807, 2.05) is 13.8 Å². The molecule has 0 fully saturated rings. The quantitative estimate of drug-likeness (QED) is 0.621. The molecular formula is C7H12N2O4. The number of hydrogen-bond donors (Lipinski definition) is 0. The van der Waals surface area contributed by atoms with Crippen molar-refractivity contribution in [3.63, 3.8) is 0 Å². The summed E-state index contributed by atoms with van der Waals surface area (Å²) in [6.45, 7) is 4.01. The maximum atomic E-state index is 10.7. The topological polar surface area (TPSA) is 77.3 Å². The van der Waals surface area contributed by atoms with Crippen molar-refractivity contribution < 1.29 is 19.1 Å². The summed E-state index contributed by atoms with van der Waals surface area (Å²) in [5.74, 6) is 0.220. The molecule has 0 heterocycles. The second kappa shape index (κ2) is 6.10. The lowest BCUT2D eigenvalue weighted by molar-refractivity contribution is 0.140. The van der Waals surface area contributed by atoms with E-state index in [4.69, 9.17) is 0 Å². The second-order valence-corrected chi connectivity index (χ2v) is 2.64. The Hall–Kier alpha value is -1.46. The van der Waals surface area contributed by atoms with Gasteiger partial charge in [-0.05, 0) is 5.92 Å². The van der Waals surface area contributed by atoms with E-state index in [9.17, 15) is 9.59 Å². The van der Waals surface area contributed by atoms with Crippen molar-refractivity contribution in [1.29, 1.82) is 0 Å². The molecule has 0 bridgehead atoms. The number of carbonyl (C=O) groups excluding carboxylic acids is 2. The molecule has 0 unspecified atom stereocenters. The van der Waals surface area contributed by atoms with Gasteiger partial charge in [0.25, 0.3) is 0 Å². The molecule has 0 saturated heterocycles. The van der Waals surface area contributed by atoms with Crippen LogP contribution in [0, 0.1) is 5.92 Å². The van der Waals surface area contributed by atoms with Crippen molar-refractivity contribution in [1.82, 2.24) is 0 Å². The van der Waals surface area contributed by atoms with Gasteiger partial charge in [-0.25, -0.2) is 9.59 Å². The monoisotopic (exact) mass is 188 g/mol. The van der Waals surface area contributed by atoms with Gasteiger partial charge < -0.3 is 9.47 Å². The van der Waals surface area contributed by atoms with Gasteiger partial charge in [-0.15, -0.1) is 0 Å². The predicted octanol–water partition coefficient (Wildman–Crippen LogP) is 2.00. The fraction of sp³-hybridized carbons (Fsp3) is 0.714. The van der Waals surface area contributed by atoms with Crippen molar-refractivity contribution in [2.45, 2.75) is 13.8 Å². The number of methoxy groups -OCH3 is 1. The molecule has 0 aromatic heterocycles. The van der Waals surface area contributed by atoms with E-state index in [1.165, 1.54) is 0 Å². The summed E-state index contributed by atoms with van der Waals surface area (Å²) in [7, 11) is 1.14. The normalized spacial score (nSPS) is 10.5. The molecule has 6 nitrogen and oxygen atoms in total. The Morgan fingerprint density at radius 3 is 2.23 bits per heavy atom. The molecule has 0 spiro atoms. The molecule has 0 radical (unpaired) electrons. The summed E-state index contributed by atoms with van der Waals surface area (Å²) in [6.07, 6.45) is -1.82. The Balaban J connectivity index is 3.74. The molecule has 0 N–H and O–H groups in total. The lowest BCUT2D eigenvalue weighted by Crippen LogP contribution is -2.06. The third kappa shape index (κ3) is 6.92. The highest BCUT2D eigenvalue weighted by Gasteiger charge is 2.03. The van der Waals surface area contributed by atoms with Crippen molar-refractivity contribution in [2.75, 3.05) is 13.7 Å². The lowest BCUT2D eigenvalue weighted by Gasteiger charge is -2.01. The lowest BCUT2D eigenvalue weighted by atomic mass is 10.2. The van der Waals surface area contributed by atoms with Crippen LogP contribution in [0.3, 0.4) is 0 Å². The Kier molecular flexibility index (Phi) is 5.42. The van der Waals surface area contributed by atoms with Crippen molar-refractivity contribution in [2.24, 2.45) is 16.1 Å². The van der Waals surface area contributed by atoms with E-state index in [0.717, 1.165) is 7.11 Å². The molecule has 0 rings (SSSR count). The SMILES string of the molecule is COC(=O)N=NC(=O)OCC(C)C. The van der Waals surface area contributed by atoms with Crippen LogP contribution in [-0.4, -0.2) is 25.9 Å². The number of nitrogens with zero attached hydrogens (tertiary/aromatic N) is 2. The molecule has 0 aliphatic carbocycles. The summed E-state index contributed by atoms with van der Waals surface area (Å²) < 4.78 is 8.71. The number of ether oxygens (including phenoxy) is 2. The zero-order chi connectivity index (χ0) is 10.3. The van der Waals surface area contributed by atoms with Crippen molar-refractivity contribution in [3.8, 4) is 0 Å². The summed E-state index contributed by atoms with van der Waals surface area (Å²) in [5, 5.41) is 5.87. The summed E-state index contributed by atoms with van der Waals surface area (Å²) in [5.41, 5.74) is 0. The number of rotatable bonds is 2. The summed E-state index contributed by atoms with van der Waals surface area (Å²) in [4.78, 5) is 21.0. The van der Waals surface area contributed by atoms with Gasteiger partial charge in [-0.3, -0.25) is 0 Å². The number of hydrogen-bond acceptors (Lipinski definition) is 4. The molecule has 0 saturated carbocycles. The fourth-order valence-corrected chi connectivity index (χ4v) is 0.389. The van der Waals surface area contributed by atoms with Gasteiger partial charge in [-0.1, -0.05) is 24.1 Å². The molecule has 13 heavy (non-hydrogen) atoms. The van der Waals surface area contributed by atoms with E-state index in [0.29, 0.717) is 0 Å². The molecule has 74 valence electrons. The molecular weight excluding hydrogens is 176 g/mol. The minimum Gasteiger partial charge on any atom is -0.450 e. The molecule has 0 aliphatic rings. The van der Waals surface area contributed by atoms with Crippen LogP contribution in [0.4, 0.5) is 9.59 Å². The van der Waals surface area contributed by atoms with E-state index in [1.54, 1.807) is 0 Å². The van der Waals surface area contributed by atoms with Crippen LogP contribution < -0.4 is 0 Å². The van der Waals surface area contributed by atoms with E-state index in [2.05, 4.69) is 19.7 Å². The fourth-order valence-electron chi connectivity index (χ4n) is 0.389. The van der Waals surface area contributed by atoms with Crippen LogP contribution in [0.2, 0.25) is 0 Å². The number of azo groups is 1. The first-order chi connectivity index (χ1) is 6.06. The summed E-state index contributed by atoms with van der Waals surface area (Å²) >= 11 is 0. The Labute approximate surface area is 75.9 Å². The Morgan fingerprint density at radius 2 is 1.77 bits per heavy atom. The van der Waals surface area contributed by atoms with Crippen LogP contribution in [0.1, 0.15) is 13.8 Å². The van der Waals surface area contributed by atoms with E-state index >= 15 is 0 Å². The first-order valence-corrected chi connectivity index (χ1v) is 3.72. The minimum atomic E-state index is -0.929. The van der Waals surface area contributed by atoms with Gasteiger partial charge in [0.15, 0.2) is 0 Å². The third-order valence-electron chi connectivity index (χ3n) is 0.928. The second-order valence-electron chi connectivity index (χ2n) is 2.64. The zero-order valence-corrected chi connectivity index (χ0v) is 7.81. The molecule has 0 aromatic rings. The average molecular weight is 188 g/mol. The third-order valence-corrected chi connectivity index (χ3v) is 0.928. The van der Waals surface area contributed by atoms with Crippen molar-refractivity contribution in [3.05, 3.63) is 0 Å². The number of amides is 2. The zero-order valence-electron chi connectivity index (χ0n) is 7.81. The van der Waals surface area contributed by atoms with Crippen LogP contribution in [0.15, 0.2) is 10.2 Å². The largest absolute Gasteiger partial charge is 0.452 e. The van der Waals surface area contributed by atoms with Gasteiger partial charge in [0.2, 0.25) is 0 Å². The smallest absolute Gasteiger partial charge is 0.450 e. The first kappa shape index (κ1) is 11.5. The summed E-state index contributed by atoms with van der Waals surface area (Å²) in [6, 6.07) is 0. The highest BCUT2D eigenvalue weighted by Crippen LogP contribution is 1.95. The molecule has 0 aromatic carbocycles. The van der Waals surface area contributed by atoms with Gasteiger partial charge in [0, 0.05) is 0 Å². The molecule has 0 atom stereocenters. The minimum absolute atomic E-state index is 0.220. The van der Waals surface area contributed by atoms with Crippen molar-refractivity contribution >= 4 is 12.2 Å². The van der Waals surface area contributed by atoms with Gasteiger partial charge >= 0.3 is 12.2 Å². The van der Waals surface area contributed by atoms with Gasteiger partial charge in [0.1, 0.15) is 0 Å². The standard InChI is InChI=1S/C7H12N2O4/c1-5(2)4-13-7(11)9-8-6(10)12-3/h5H,4H2,1-3H3. The Morgan fingerprint density at radius 1 is 1.23 bits per heavy atom. The van der Waals surface area contributed by atoms with Crippen LogP contribution >= 0.6 is 0 Å². The maximum Gasteiger partial charge on any atom is 0.452 e. The maximum absolute atomic E-state index is 10.7. The van der Waals surface area contributed by atoms with Crippen LogP contribution in [-0.2, 0) is 9.47 Å². The molecule has 0 aliphatic heterocycles.